The lowest BCUT2D eigenvalue weighted by Crippen LogP contribution is -2.01. The average molecular weight is 248 g/mol. The minimum Gasteiger partial charge on any atom is -0.287 e. The minimum absolute atomic E-state index is 0.0443. The SMILES string of the molecule is O=C(c1ccc(-c2ccccc2)cc1)c1ccn[nH]1. The number of H-pyrrole nitrogens is 1. The van der Waals surface area contributed by atoms with Gasteiger partial charge in [-0.1, -0.05) is 54.6 Å². The van der Waals surface area contributed by atoms with Crippen LogP contribution in [0.1, 0.15) is 16.1 Å². The molecule has 19 heavy (non-hydrogen) atoms. The molecule has 0 fully saturated rings. The second-order valence-corrected chi connectivity index (χ2v) is 4.24. The summed E-state index contributed by atoms with van der Waals surface area (Å²) in [7, 11) is 0. The van der Waals surface area contributed by atoms with Crippen molar-refractivity contribution >= 4 is 5.78 Å². The molecule has 3 aromatic rings. The van der Waals surface area contributed by atoms with Crippen molar-refractivity contribution < 1.29 is 4.79 Å². The summed E-state index contributed by atoms with van der Waals surface area (Å²) in [5.41, 5.74) is 3.40. The molecular formula is C16H12N2O. The molecule has 0 atom stereocenters. The quantitative estimate of drug-likeness (QED) is 0.723. The summed E-state index contributed by atoms with van der Waals surface area (Å²) in [5, 5.41) is 6.47. The van der Waals surface area contributed by atoms with Gasteiger partial charge >= 0.3 is 0 Å². The average Bonchev–Trinajstić information content (AvgIpc) is 3.02. The Morgan fingerprint density at radius 1 is 0.842 bits per heavy atom. The van der Waals surface area contributed by atoms with Crippen LogP contribution in [0.2, 0.25) is 0 Å². The number of benzene rings is 2. The molecule has 0 aliphatic heterocycles. The first-order valence-corrected chi connectivity index (χ1v) is 6.04. The molecule has 0 radical (unpaired) electrons. The Labute approximate surface area is 110 Å². The number of rotatable bonds is 3. The number of nitrogens with zero attached hydrogens (tertiary/aromatic N) is 1. The predicted molar refractivity (Wildman–Crippen MR) is 73.9 cm³/mol. The molecule has 1 N–H and O–H groups in total. The first kappa shape index (κ1) is 11.4. The second kappa shape index (κ2) is 4.90. The van der Waals surface area contributed by atoms with Gasteiger partial charge in [-0.05, 0) is 17.2 Å². The van der Waals surface area contributed by atoms with Crippen LogP contribution < -0.4 is 0 Å². The van der Waals surface area contributed by atoms with Crippen LogP contribution in [-0.2, 0) is 0 Å². The van der Waals surface area contributed by atoms with Crippen LogP contribution in [0.5, 0.6) is 0 Å². The van der Waals surface area contributed by atoms with Gasteiger partial charge in [0.15, 0.2) is 0 Å². The molecule has 2 aromatic carbocycles. The van der Waals surface area contributed by atoms with Crippen molar-refractivity contribution in [2.75, 3.05) is 0 Å². The zero-order valence-corrected chi connectivity index (χ0v) is 10.2. The number of hydrogen-bond donors (Lipinski definition) is 1. The first-order chi connectivity index (χ1) is 9.34. The third kappa shape index (κ3) is 2.31. The van der Waals surface area contributed by atoms with Crippen LogP contribution in [0.15, 0.2) is 66.9 Å². The van der Waals surface area contributed by atoms with E-state index in [1.165, 1.54) is 0 Å². The lowest BCUT2D eigenvalue weighted by atomic mass is 10.0. The van der Waals surface area contributed by atoms with Crippen LogP contribution in [0.3, 0.4) is 0 Å². The van der Waals surface area contributed by atoms with Gasteiger partial charge in [-0.15, -0.1) is 0 Å². The molecule has 3 rings (SSSR count). The maximum absolute atomic E-state index is 12.1. The number of carbonyl (C=O) groups excluding carboxylic acids is 1. The third-order valence-corrected chi connectivity index (χ3v) is 3.00. The largest absolute Gasteiger partial charge is 0.287 e. The fourth-order valence-corrected chi connectivity index (χ4v) is 1.98. The van der Waals surface area contributed by atoms with Gasteiger partial charge in [0.1, 0.15) is 5.69 Å². The van der Waals surface area contributed by atoms with Gasteiger partial charge in [-0.3, -0.25) is 9.89 Å². The van der Waals surface area contributed by atoms with Gasteiger partial charge in [0.2, 0.25) is 5.78 Å². The highest BCUT2D eigenvalue weighted by Gasteiger charge is 2.09. The monoisotopic (exact) mass is 248 g/mol. The molecule has 92 valence electrons. The molecule has 0 unspecified atom stereocenters. The Morgan fingerprint density at radius 2 is 1.53 bits per heavy atom. The van der Waals surface area contributed by atoms with E-state index < -0.39 is 0 Å². The molecule has 0 saturated heterocycles. The van der Waals surface area contributed by atoms with Crippen LogP contribution >= 0.6 is 0 Å². The van der Waals surface area contributed by atoms with Crippen molar-refractivity contribution in [1.29, 1.82) is 0 Å². The van der Waals surface area contributed by atoms with E-state index in [4.69, 9.17) is 0 Å². The highest BCUT2D eigenvalue weighted by Crippen LogP contribution is 2.20. The van der Waals surface area contributed by atoms with Crippen LogP contribution in [0, 0.1) is 0 Å². The zero-order chi connectivity index (χ0) is 13.1. The molecular weight excluding hydrogens is 236 g/mol. The van der Waals surface area contributed by atoms with E-state index in [9.17, 15) is 4.79 Å². The molecule has 1 aromatic heterocycles. The van der Waals surface area contributed by atoms with E-state index in [-0.39, 0.29) is 5.78 Å². The fraction of sp³-hybridized carbons (Fsp3) is 0. The van der Waals surface area contributed by atoms with Crippen molar-refractivity contribution in [3.05, 3.63) is 78.1 Å². The minimum atomic E-state index is -0.0443. The van der Waals surface area contributed by atoms with E-state index in [0.717, 1.165) is 11.1 Å². The number of nitrogens with one attached hydrogen (secondary N) is 1. The Bertz CT molecular complexity index is 671. The van der Waals surface area contributed by atoms with E-state index in [0.29, 0.717) is 11.3 Å². The highest BCUT2D eigenvalue weighted by molar-refractivity contribution is 6.07. The van der Waals surface area contributed by atoms with Crippen molar-refractivity contribution in [2.24, 2.45) is 0 Å². The first-order valence-electron chi connectivity index (χ1n) is 6.04. The second-order valence-electron chi connectivity index (χ2n) is 4.24. The number of hydrogen-bond acceptors (Lipinski definition) is 2. The van der Waals surface area contributed by atoms with E-state index in [1.807, 2.05) is 54.6 Å². The van der Waals surface area contributed by atoms with Gasteiger partial charge in [-0.2, -0.15) is 5.10 Å². The van der Waals surface area contributed by atoms with E-state index >= 15 is 0 Å². The maximum Gasteiger partial charge on any atom is 0.210 e. The van der Waals surface area contributed by atoms with Crippen molar-refractivity contribution in [3.63, 3.8) is 0 Å². The molecule has 1 heterocycles. The van der Waals surface area contributed by atoms with Crippen molar-refractivity contribution in [2.45, 2.75) is 0 Å². The predicted octanol–water partition coefficient (Wildman–Crippen LogP) is 3.31. The normalized spacial score (nSPS) is 10.3. The van der Waals surface area contributed by atoms with Crippen LogP contribution in [0.25, 0.3) is 11.1 Å². The topological polar surface area (TPSA) is 45.8 Å². The number of ketones is 1. The molecule has 3 nitrogen and oxygen atoms in total. The van der Waals surface area contributed by atoms with Crippen LogP contribution in [0.4, 0.5) is 0 Å². The summed E-state index contributed by atoms with van der Waals surface area (Å²) in [6, 6.07) is 19.3. The van der Waals surface area contributed by atoms with Crippen LogP contribution in [-0.4, -0.2) is 16.0 Å². The van der Waals surface area contributed by atoms with Crippen molar-refractivity contribution in [1.82, 2.24) is 10.2 Å². The maximum atomic E-state index is 12.1. The van der Waals surface area contributed by atoms with Gasteiger partial charge in [0, 0.05) is 11.8 Å². The summed E-state index contributed by atoms with van der Waals surface area (Å²) in [6.07, 6.45) is 1.57. The molecule has 0 bridgehead atoms. The summed E-state index contributed by atoms with van der Waals surface area (Å²) >= 11 is 0. The summed E-state index contributed by atoms with van der Waals surface area (Å²) in [6.45, 7) is 0. The Balaban J connectivity index is 1.90. The van der Waals surface area contributed by atoms with E-state index in [1.54, 1.807) is 12.3 Å². The number of aromatic amines is 1. The van der Waals surface area contributed by atoms with E-state index in [2.05, 4.69) is 10.2 Å². The Kier molecular flexibility index (Phi) is 2.94. The zero-order valence-electron chi connectivity index (χ0n) is 10.2. The number of carbonyl (C=O) groups is 1. The summed E-state index contributed by atoms with van der Waals surface area (Å²) in [4.78, 5) is 12.1. The lowest BCUT2D eigenvalue weighted by Gasteiger charge is -2.03. The summed E-state index contributed by atoms with van der Waals surface area (Å²) < 4.78 is 0. The van der Waals surface area contributed by atoms with Gasteiger partial charge in [0.25, 0.3) is 0 Å². The Hall–Kier alpha value is -2.68. The number of aromatic nitrogens is 2. The lowest BCUT2D eigenvalue weighted by molar-refractivity contribution is 0.103. The highest BCUT2D eigenvalue weighted by atomic mass is 16.1. The third-order valence-electron chi connectivity index (χ3n) is 3.00. The van der Waals surface area contributed by atoms with Gasteiger partial charge < -0.3 is 0 Å². The standard InChI is InChI=1S/C16H12N2O/c19-16(15-10-11-17-18-15)14-8-6-13(7-9-14)12-4-2-1-3-5-12/h1-11H,(H,17,18). The van der Waals surface area contributed by atoms with Gasteiger partial charge in [-0.25, -0.2) is 0 Å². The fourth-order valence-electron chi connectivity index (χ4n) is 1.98. The van der Waals surface area contributed by atoms with Crippen molar-refractivity contribution in [3.8, 4) is 11.1 Å². The molecule has 0 aliphatic carbocycles. The Morgan fingerprint density at radius 3 is 2.16 bits per heavy atom. The van der Waals surface area contributed by atoms with Gasteiger partial charge in [0.05, 0.1) is 0 Å². The molecule has 3 heteroatoms. The summed E-state index contributed by atoms with van der Waals surface area (Å²) in [5.74, 6) is -0.0443. The molecule has 0 spiro atoms. The molecule has 0 saturated carbocycles. The molecule has 0 amide bonds. The molecule has 0 aliphatic rings. The smallest absolute Gasteiger partial charge is 0.210 e.